The minimum atomic E-state index is -0.150. The summed E-state index contributed by atoms with van der Waals surface area (Å²) in [4.78, 5) is 24.3. The van der Waals surface area contributed by atoms with Crippen LogP contribution in [0.25, 0.3) is 5.82 Å². The summed E-state index contributed by atoms with van der Waals surface area (Å²) in [6.07, 6.45) is 3.94. The molecule has 1 aromatic carbocycles. The minimum absolute atomic E-state index is 0.0499. The van der Waals surface area contributed by atoms with Crippen LogP contribution in [0.3, 0.4) is 0 Å². The van der Waals surface area contributed by atoms with Crippen molar-refractivity contribution in [2.45, 2.75) is 46.2 Å². The fraction of sp³-hybridized carbons (Fsp3) is 0.267. The van der Waals surface area contributed by atoms with Gasteiger partial charge in [0, 0.05) is 42.4 Å². The van der Waals surface area contributed by atoms with E-state index in [0.29, 0.717) is 18.1 Å². The van der Waals surface area contributed by atoms with Gasteiger partial charge in [-0.05, 0) is 93.5 Å². The number of aromatic nitrogens is 3. The summed E-state index contributed by atoms with van der Waals surface area (Å²) in [5.41, 5.74) is 7.31. The lowest BCUT2D eigenvalue weighted by Gasteiger charge is -2.28. The quantitative estimate of drug-likeness (QED) is 0.311. The zero-order chi connectivity index (χ0) is 26.8. The molecule has 0 radical (unpaired) electrons. The molecule has 1 aliphatic rings. The maximum absolute atomic E-state index is 12.9. The van der Waals surface area contributed by atoms with Gasteiger partial charge in [-0.25, -0.2) is 4.98 Å². The number of nitrogens with one attached hydrogen (secondary N) is 2. The van der Waals surface area contributed by atoms with Crippen molar-refractivity contribution >= 4 is 28.9 Å². The molecule has 0 unspecified atom stereocenters. The van der Waals surface area contributed by atoms with Crippen molar-refractivity contribution < 1.29 is 4.79 Å². The highest BCUT2D eigenvalue weighted by Crippen LogP contribution is 2.41. The third kappa shape index (κ3) is 5.17. The van der Waals surface area contributed by atoms with Crippen LogP contribution in [0.2, 0.25) is 0 Å². The zero-order valence-electron chi connectivity index (χ0n) is 22.1. The molecule has 1 amide bonds. The second-order valence-corrected chi connectivity index (χ2v) is 10.2. The molecule has 0 bridgehead atoms. The number of pyridine rings is 2. The van der Waals surface area contributed by atoms with Crippen LogP contribution in [-0.4, -0.2) is 37.0 Å². The number of carbonyl (C=O) groups excluding carboxylic acids is 1. The fourth-order valence-corrected chi connectivity index (χ4v) is 5.48. The highest BCUT2D eigenvalue weighted by atomic mass is 32.1. The van der Waals surface area contributed by atoms with Crippen LogP contribution in [-0.2, 0) is 4.79 Å². The number of aryl methyl sites for hydroxylation is 3. The van der Waals surface area contributed by atoms with Gasteiger partial charge < -0.3 is 20.1 Å². The van der Waals surface area contributed by atoms with Crippen LogP contribution < -0.4 is 10.6 Å². The van der Waals surface area contributed by atoms with Crippen molar-refractivity contribution in [1.82, 2.24) is 24.8 Å². The molecule has 7 nitrogen and oxygen atoms in total. The van der Waals surface area contributed by atoms with Gasteiger partial charge in [0.1, 0.15) is 5.82 Å². The number of benzene rings is 1. The van der Waals surface area contributed by atoms with Crippen molar-refractivity contribution in [3.63, 3.8) is 0 Å². The fourth-order valence-electron chi connectivity index (χ4n) is 5.15. The maximum atomic E-state index is 12.9. The molecule has 0 aliphatic carbocycles. The Morgan fingerprint density at radius 2 is 1.76 bits per heavy atom. The number of nitrogens with zero attached hydrogens (tertiary/aromatic N) is 4. The molecule has 0 saturated carbocycles. The zero-order valence-corrected chi connectivity index (χ0v) is 22.9. The molecule has 194 valence electrons. The van der Waals surface area contributed by atoms with E-state index in [1.165, 1.54) is 0 Å². The van der Waals surface area contributed by atoms with Crippen molar-refractivity contribution in [1.29, 1.82) is 0 Å². The molecule has 1 fully saturated rings. The Balaban J connectivity index is 1.46. The van der Waals surface area contributed by atoms with Crippen molar-refractivity contribution in [3.05, 3.63) is 107 Å². The average Bonchev–Trinajstić information content (AvgIpc) is 3.39. The molecular weight excluding hydrogens is 492 g/mol. The van der Waals surface area contributed by atoms with Gasteiger partial charge >= 0.3 is 0 Å². The van der Waals surface area contributed by atoms with Gasteiger partial charge in [-0.3, -0.25) is 9.78 Å². The molecule has 5 rings (SSSR count). The van der Waals surface area contributed by atoms with Crippen LogP contribution in [0, 0.1) is 27.7 Å². The van der Waals surface area contributed by atoms with Gasteiger partial charge in [0.2, 0.25) is 5.91 Å². The van der Waals surface area contributed by atoms with Gasteiger partial charge in [-0.15, -0.1) is 0 Å². The second-order valence-electron chi connectivity index (χ2n) is 9.84. The number of carbonyl (C=O) groups is 1. The monoisotopic (exact) mass is 524 g/mol. The molecule has 0 spiro atoms. The Hall–Kier alpha value is -4.04. The topological polar surface area (TPSA) is 75.1 Å². The van der Waals surface area contributed by atoms with Crippen LogP contribution >= 0.6 is 12.2 Å². The summed E-state index contributed by atoms with van der Waals surface area (Å²) >= 11 is 5.82. The van der Waals surface area contributed by atoms with E-state index in [-0.39, 0.29) is 18.0 Å². The molecule has 2 atom stereocenters. The Kier molecular flexibility index (Phi) is 7.24. The SMILES string of the molecule is Cc1ccc(NC(=O)CCN2C(=S)N[C@H](c3ccccn3)[C@@H]2c2cc(C)n(-c3cc(C)ccn3)c2C)cc1. The predicted octanol–water partition coefficient (Wildman–Crippen LogP) is 5.50. The van der Waals surface area contributed by atoms with Crippen LogP contribution in [0.15, 0.2) is 73.1 Å². The Morgan fingerprint density at radius 3 is 2.47 bits per heavy atom. The normalized spacial score (nSPS) is 16.9. The Labute approximate surface area is 228 Å². The molecule has 2 N–H and O–H groups in total. The Bertz CT molecular complexity index is 1460. The van der Waals surface area contributed by atoms with Crippen molar-refractivity contribution in [3.8, 4) is 5.82 Å². The first-order valence-corrected chi connectivity index (χ1v) is 13.2. The van der Waals surface area contributed by atoms with Crippen LogP contribution in [0.5, 0.6) is 0 Å². The number of rotatable bonds is 7. The molecular formula is C30H32N6OS. The molecule has 3 aromatic heterocycles. The molecule has 4 aromatic rings. The predicted molar refractivity (Wildman–Crippen MR) is 154 cm³/mol. The van der Waals surface area contributed by atoms with Gasteiger partial charge in [0.05, 0.1) is 17.8 Å². The second kappa shape index (κ2) is 10.8. The third-order valence-electron chi connectivity index (χ3n) is 7.03. The van der Waals surface area contributed by atoms with E-state index in [1.807, 2.05) is 61.7 Å². The van der Waals surface area contributed by atoms with Crippen molar-refractivity contribution in [2.75, 3.05) is 11.9 Å². The number of thiocarbonyl (C=S) groups is 1. The number of amides is 1. The lowest BCUT2D eigenvalue weighted by molar-refractivity contribution is -0.116. The third-order valence-corrected chi connectivity index (χ3v) is 7.38. The average molecular weight is 525 g/mol. The summed E-state index contributed by atoms with van der Waals surface area (Å²) in [5, 5.41) is 7.11. The summed E-state index contributed by atoms with van der Waals surface area (Å²) < 4.78 is 2.18. The summed E-state index contributed by atoms with van der Waals surface area (Å²) in [6, 6.07) is 19.7. The maximum Gasteiger partial charge on any atom is 0.226 e. The largest absolute Gasteiger partial charge is 0.352 e. The van der Waals surface area contributed by atoms with Gasteiger partial charge in [-0.1, -0.05) is 23.8 Å². The summed E-state index contributed by atoms with van der Waals surface area (Å²) in [6.45, 7) is 8.78. The highest BCUT2D eigenvalue weighted by molar-refractivity contribution is 7.80. The smallest absolute Gasteiger partial charge is 0.226 e. The number of anilines is 1. The van der Waals surface area contributed by atoms with E-state index >= 15 is 0 Å². The standard InChI is InChI=1S/C30H32N6OS/c1-19-8-10-23(11-9-19)33-27(37)13-16-35-29(28(34-30(35)38)25-7-5-6-14-31-25)24-18-21(3)36(22(24)4)26-17-20(2)12-15-32-26/h5-12,14-15,17-18,28-29H,13,16H2,1-4H3,(H,33,37)(H,34,38)/t28-,29+/m1/s1. The van der Waals surface area contributed by atoms with Crippen molar-refractivity contribution in [2.24, 2.45) is 0 Å². The summed E-state index contributed by atoms with van der Waals surface area (Å²) in [7, 11) is 0. The molecule has 1 aliphatic heterocycles. The first kappa shape index (κ1) is 25.6. The van der Waals surface area contributed by atoms with E-state index < -0.39 is 0 Å². The first-order valence-electron chi connectivity index (χ1n) is 12.8. The van der Waals surface area contributed by atoms with E-state index in [9.17, 15) is 4.79 Å². The minimum Gasteiger partial charge on any atom is -0.352 e. The molecule has 1 saturated heterocycles. The molecule has 8 heteroatoms. The first-order chi connectivity index (χ1) is 18.3. The van der Waals surface area contributed by atoms with E-state index in [4.69, 9.17) is 12.2 Å². The number of hydrogen-bond acceptors (Lipinski definition) is 4. The molecule has 38 heavy (non-hydrogen) atoms. The summed E-state index contributed by atoms with van der Waals surface area (Å²) in [5.74, 6) is 0.837. The number of hydrogen-bond donors (Lipinski definition) is 2. The van der Waals surface area contributed by atoms with Gasteiger partial charge in [0.15, 0.2) is 5.11 Å². The van der Waals surface area contributed by atoms with E-state index in [0.717, 1.165) is 45.3 Å². The van der Waals surface area contributed by atoms with E-state index in [1.54, 1.807) is 6.20 Å². The van der Waals surface area contributed by atoms with Crippen LogP contribution in [0.1, 0.15) is 52.3 Å². The van der Waals surface area contributed by atoms with Gasteiger partial charge in [-0.2, -0.15) is 0 Å². The Morgan fingerprint density at radius 1 is 0.974 bits per heavy atom. The lowest BCUT2D eigenvalue weighted by atomic mass is 9.96. The lowest BCUT2D eigenvalue weighted by Crippen LogP contribution is -2.32. The molecule has 4 heterocycles. The van der Waals surface area contributed by atoms with E-state index in [2.05, 4.69) is 63.0 Å². The van der Waals surface area contributed by atoms with Crippen LogP contribution in [0.4, 0.5) is 5.69 Å². The highest BCUT2D eigenvalue weighted by Gasteiger charge is 2.41. The van der Waals surface area contributed by atoms with Gasteiger partial charge in [0.25, 0.3) is 0 Å².